The summed E-state index contributed by atoms with van der Waals surface area (Å²) in [6.45, 7) is 3.13. The SMILES string of the molecule is Cc1nc(=O)c2ccccc2n1C1=CCN(C(=O)C2(c3ccccc3)CC2)CC1. The third kappa shape index (κ3) is 2.89. The molecule has 0 unspecified atom stereocenters. The molecule has 1 aromatic heterocycles. The molecule has 2 heterocycles. The fraction of sp³-hybridized carbons (Fsp3) is 0.292. The first-order chi connectivity index (χ1) is 14.1. The molecule has 1 aliphatic heterocycles. The first kappa shape index (κ1) is 17.9. The van der Waals surface area contributed by atoms with Crippen LogP contribution in [0.4, 0.5) is 0 Å². The third-order valence-electron chi connectivity index (χ3n) is 6.21. The van der Waals surface area contributed by atoms with E-state index in [0.29, 0.717) is 24.3 Å². The van der Waals surface area contributed by atoms with E-state index in [1.165, 1.54) is 0 Å². The smallest absolute Gasteiger partial charge is 0.280 e. The second-order valence-corrected chi connectivity index (χ2v) is 7.96. The van der Waals surface area contributed by atoms with Gasteiger partial charge in [0, 0.05) is 25.2 Å². The van der Waals surface area contributed by atoms with E-state index in [2.05, 4.69) is 27.8 Å². The molecule has 1 aliphatic carbocycles. The van der Waals surface area contributed by atoms with Crippen molar-refractivity contribution in [1.29, 1.82) is 0 Å². The third-order valence-corrected chi connectivity index (χ3v) is 6.21. The van der Waals surface area contributed by atoms with Crippen molar-refractivity contribution in [3.8, 4) is 0 Å². The molecule has 1 amide bonds. The summed E-state index contributed by atoms with van der Waals surface area (Å²) in [5, 5.41) is 0.624. The van der Waals surface area contributed by atoms with Gasteiger partial charge < -0.3 is 9.47 Å². The highest BCUT2D eigenvalue weighted by molar-refractivity contribution is 5.92. The molecule has 0 N–H and O–H groups in total. The van der Waals surface area contributed by atoms with Crippen LogP contribution >= 0.6 is 0 Å². The molecular weight excluding hydrogens is 362 g/mol. The fourth-order valence-corrected chi connectivity index (χ4v) is 4.50. The minimum Gasteiger partial charge on any atom is -0.338 e. The molecular formula is C24H23N3O2. The lowest BCUT2D eigenvalue weighted by Gasteiger charge is -2.31. The number of hydrogen-bond acceptors (Lipinski definition) is 3. The molecule has 0 radical (unpaired) electrons. The molecule has 3 aromatic rings. The maximum absolute atomic E-state index is 13.3. The molecule has 5 rings (SSSR count). The quantitative estimate of drug-likeness (QED) is 0.693. The van der Waals surface area contributed by atoms with Crippen LogP contribution in [0.5, 0.6) is 0 Å². The largest absolute Gasteiger partial charge is 0.338 e. The standard InChI is InChI=1S/C24H23N3O2/c1-17-25-22(28)20-9-5-6-10-21(20)27(17)19-11-15-26(16-12-19)23(29)24(13-14-24)18-7-3-2-4-8-18/h2-11H,12-16H2,1H3. The lowest BCUT2D eigenvalue weighted by atomic mass is 9.94. The zero-order chi connectivity index (χ0) is 20.0. The Morgan fingerprint density at radius 1 is 1.03 bits per heavy atom. The highest BCUT2D eigenvalue weighted by Gasteiger charge is 2.52. The summed E-state index contributed by atoms with van der Waals surface area (Å²) in [6.07, 6.45) is 4.70. The Morgan fingerprint density at radius 3 is 2.45 bits per heavy atom. The van der Waals surface area contributed by atoms with Gasteiger partial charge in [0.25, 0.3) is 5.56 Å². The Hall–Kier alpha value is -3.21. The van der Waals surface area contributed by atoms with E-state index < -0.39 is 0 Å². The molecule has 5 nitrogen and oxygen atoms in total. The number of rotatable bonds is 3. The summed E-state index contributed by atoms with van der Waals surface area (Å²) in [7, 11) is 0. The van der Waals surface area contributed by atoms with Gasteiger partial charge in [0.2, 0.25) is 5.91 Å². The zero-order valence-corrected chi connectivity index (χ0v) is 16.5. The summed E-state index contributed by atoms with van der Waals surface area (Å²) in [5.41, 5.74) is 2.58. The number of nitrogens with zero attached hydrogens (tertiary/aromatic N) is 3. The van der Waals surface area contributed by atoms with E-state index in [4.69, 9.17) is 0 Å². The highest BCUT2D eigenvalue weighted by Crippen LogP contribution is 2.49. The van der Waals surface area contributed by atoms with Crippen LogP contribution in [0.25, 0.3) is 16.6 Å². The van der Waals surface area contributed by atoms with Crippen LogP contribution in [0.2, 0.25) is 0 Å². The number of aromatic nitrogens is 2. The molecule has 1 fully saturated rings. The van der Waals surface area contributed by atoms with Crippen LogP contribution in [-0.4, -0.2) is 33.4 Å². The first-order valence-corrected chi connectivity index (χ1v) is 10.1. The molecule has 0 saturated heterocycles. The Labute approximate surface area is 169 Å². The van der Waals surface area contributed by atoms with Gasteiger partial charge in [-0.2, -0.15) is 4.98 Å². The minimum absolute atomic E-state index is 0.193. The van der Waals surface area contributed by atoms with E-state index in [1.54, 1.807) is 0 Å². The fourth-order valence-electron chi connectivity index (χ4n) is 4.50. The summed E-state index contributed by atoms with van der Waals surface area (Å²) in [4.78, 5) is 31.7. The van der Waals surface area contributed by atoms with Crippen LogP contribution in [0.15, 0.2) is 65.5 Å². The van der Waals surface area contributed by atoms with Crippen molar-refractivity contribution >= 4 is 22.5 Å². The monoisotopic (exact) mass is 385 g/mol. The van der Waals surface area contributed by atoms with Crippen molar-refractivity contribution in [2.45, 2.75) is 31.6 Å². The molecule has 1 saturated carbocycles. The van der Waals surface area contributed by atoms with Gasteiger partial charge in [-0.3, -0.25) is 9.59 Å². The summed E-state index contributed by atoms with van der Waals surface area (Å²) in [5.74, 6) is 0.918. The number of carbonyl (C=O) groups is 1. The second-order valence-electron chi connectivity index (χ2n) is 7.96. The molecule has 2 aliphatic rings. The number of aryl methyl sites for hydroxylation is 1. The molecule has 0 spiro atoms. The second kappa shape index (κ2) is 6.69. The van der Waals surface area contributed by atoms with Gasteiger partial charge in [-0.1, -0.05) is 42.5 Å². The van der Waals surface area contributed by atoms with Gasteiger partial charge in [0.05, 0.1) is 16.3 Å². The predicted molar refractivity (Wildman–Crippen MR) is 114 cm³/mol. The Morgan fingerprint density at radius 2 is 1.76 bits per heavy atom. The van der Waals surface area contributed by atoms with Gasteiger partial charge in [0.1, 0.15) is 5.82 Å². The van der Waals surface area contributed by atoms with E-state index in [1.807, 2.05) is 54.3 Å². The van der Waals surface area contributed by atoms with Crippen LogP contribution in [0.1, 0.15) is 30.7 Å². The zero-order valence-electron chi connectivity index (χ0n) is 16.5. The normalized spacial score (nSPS) is 17.8. The van der Waals surface area contributed by atoms with Crippen molar-refractivity contribution in [1.82, 2.24) is 14.5 Å². The van der Waals surface area contributed by atoms with Crippen LogP contribution in [-0.2, 0) is 10.2 Å². The van der Waals surface area contributed by atoms with Gasteiger partial charge in [-0.25, -0.2) is 0 Å². The first-order valence-electron chi connectivity index (χ1n) is 10.1. The summed E-state index contributed by atoms with van der Waals surface area (Å²) >= 11 is 0. The van der Waals surface area contributed by atoms with Gasteiger partial charge >= 0.3 is 0 Å². The lowest BCUT2D eigenvalue weighted by Crippen LogP contribution is -2.42. The molecule has 29 heavy (non-hydrogen) atoms. The molecule has 0 bridgehead atoms. The number of fused-ring (bicyclic) bond motifs is 1. The Balaban J connectivity index is 1.45. The van der Waals surface area contributed by atoms with E-state index >= 15 is 0 Å². The van der Waals surface area contributed by atoms with Crippen molar-refractivity contribution in [2.24, 2.45) is 0 Å². The summed E-state index contributed by atoms with van der Waals surface area (Å²) < 4.78 is 2.06. The van der Waals surface area contributed by atoms with Gasteiger partial charge in [-0.05, 0) is 43.5 Å². The Bertz CT molecular complexity index is 1190. The van der Waals surface area contributed by atoms with Gasteiger partial charge in [-0.15, -0.1) is 0 Å². The van der Waals surface area contributed by atoms with E-state index in [-0.39, 0.29) is 16.9 Å². The molecule has 146 valence electrons. The average molecular weight is 385 g/mol. The van der Waals surface area contributed by atoms with Crippen LogP contribution in [0.3, 0.4) is 0 Å². The number of carbonyl (C=O) groups excluding carboxylic acids is 1. The number of hydrogen-bond donors (Lipinski definition) is 0. The van der Waals surface area contributed by atoms with Crippen LogP contribution in [0, 0.1) is 6.92 Å². The predicted octanol–water partition coefficient (Wildman–Crippen LogP) is 3.51. The number of benzene rings is 2. The van der Waals surface area contributed by atoms with Crippen molar-refractivity contribution in [3.05, 3.63) is 82.4 Å². The lowest BCUT2D eigenvalue weighted by molar-refractivity contribution is -0.133. The maximum Gasteiger partial charge on any atom is 0.280 e. The van der Waals surface area contributed by atoms with Crippen molar-refractivity contribution in [3.63, 3.8) is 0 Å². The Kier molecular flexibility index (Phi) is 4.12. The number of para-hydroxylation sites is 1. The van der Waals surface area contributed by atoms with Crippen LogP contribution < -0.4 is 5.56 Å². The highest BCUT2D eigenvalue weighted by atomic mass is 16.2. The van der Waals surface area contributed by atoms with Gasteiger partial charge in [0.15, 0.2) is 0 Å². The molecule has 5 heteroatoms. The number of amides is 1. The minimum atomic E-state index is -0.325. The maximum atomic E-state index is 13.3. The summed E-state index contributed by atoms with van der Waals surface area (Å²) in [6, 6.07) is 17.7. The average Bonchev–Trinajstić information content (AvgIpc) is 3.57. The van der Waals surface area contributed by atoms with Crippen molar-refractivity contribution < 1.29 is 4.79 Å². The topological polar surface area (TPSA) is 55.2 Å². The van der Waals surface area contributed by atoms with E-state index in [0.717, 1.165) is 36.0 Å². The van der Waals surface area contributed by atoms with Crippen molar-refractivity contribution in [2.75, 3.05) is 13.1 Å². The molecule has 2 aromatic carbocycles. The van der Waals surface area contributed by atoms with E-state index in [9.17, 15) is 9.59 Å². The molecule has 0 atom stereocenters.